The van der Waals surface area contributed by atoms with Crippen LogP contribution in [0, 0.1) is 0 Å². The molecule has 0 bridgehead atoms. The van der Waals surface area contributed by atoms with Gasteiger partial charge in [0.2, 0.25) is 5.91 Å². The topological polar surface area (TPSA) is 59.5 Å². The van der Waals surface area contributed by atoms with E-state index < -0.39 is 0 Å². The molecule has 3 aliphatic heterocycles. The maximum Gasteiger partial charge on any atom is 0.230 e. The molecule has 7 nitrogen and oxygen atoms in total. The Morgan fingerprint density at radius 2 is 1.69 bits per heavy atom. The van der Waals surface area contributed by atoms with Crippen LogP contribution in [0.2, 0.25) is 0 Å². The van der Waals surface area contributed by atoms with Gasteiger partial charge in [-0.2, -0.15) is 0 Å². The van der Waals surface area contributed by atoms with Crippen molar-refractivity contribution in [2.24, 2.45) is 0 Å². The number of allylic oxidation sites excluding steroid dienone is 1. The maximum atomic E-state index is 13.3. The van der Waals surface area contributed by atoms with Crippen LogP contribution in [0.4, 0.5) is 5.69 Å². The highest BCUT2D eigenvalue weighted by molar-refractivity contribution is 5.80. The molecule has 1 unspecified atom stereocenters. The van der Waals surface area contributed by atoms with E-state index in [-0.39, 0.29) is 12.0 Å². The normalized spacial score (nSPS) is 24.9. The summed E-state index contributed by atoms with van der Waals surface area (Å²) in [5.41, 5.74) is 4.84. The molecule has 5 rings (SSSR count). The fourth-order valence-electron chi connectivity index (χ4n) is 6.01. The lowest BCUT2D eigenvalue weighted by Crippen LogP contribution is -2.51. The van der Waals surface area contributed by atoms with E-state index in [1.165, 1.54) is 16.8 Å². The van der Waals surface area contributed by atoms with Gasteiger partial charge >= 0.3 is 0 Å². The zero-order valence-electron chi connectivity index (χ0n) is 21.3. The first kappa shape index (κ1) is 24.3. The summed E-state index contributed by atoms with van der Waals surface area (Å²) >= 11 is 0. The first-order valence-electron chi connectivity index (χ1n) is 13.2. The van der Waals surface area contributed by atoms with E-state index in [1.807, 2.05) is 4.90 Å². The second-order valence-corrected chi connectivity index (χ2v) is 10.5. The monoisotopic (exact) mass is 480 g/mol. The zero-order chi connectivity index (χ0) is 24.4. The Bertz CT molecular complexity index is 957. The average molecular weight is 481 g/mol. The summed E-state index contributed by atoms with van der Waals surface area (Å²) in [5, 5.41) is 9.76. The van der Waals surface area contributed by atoms with Crippen LogP contribution in [0.3, 0.4) is 0 Å². The van der Waals surface area contributed by atoms with Gasteiger partial charge in [0.05, 0.1) is 25.4 Å². The lowest BCUT2D eigenvalue weighted by atomic mass is 9.83. The van der Waals surface area contributed by atoms with Crippen molar-refractivity contribution in [3.05, 3.63) is 52.9 Å². The molecule has 3 heterocycles. The predicted molar refractivity (Wildman–Crippen MR) is 138 cm³/mol. The minimum atomic E-state index is -0.169. The van der Waals surface area contributed by atoms with Gasteiger partial charge in [-0.15, -0.1) is 0 Å². The second-order valence-electron chi connectivity index (χ2n) is 10.5. The molecule has 7 heteroatoms. The van der Waals surface area contributed by atoms with Gasteiger partial charge in [-0.25, -0.2) is 0 Å². The largest absolute Gasteiger partial charge is 0.501 e. The molecule has 1 aromatic carbocycles. The van der Waals surface area contributed by atoms with Gasteiger partial charge in [0.25, 0.3) is 0 Å². The molecular formula is C28H40N4O3. The Morgan fingerprint density at radius 3 is 2.37 bits per heavy atom. The fraction of sp³-hybridized carbons (Fsp3) is 0.607. The van der Waals surface area contributed by atoms with E-state index in [9.17, 15) is 9.90 Å². The van der Waals surface area contributed by atoms with Crippen molar-refractivity contribution in [2.45, 2.75) is 50.7 Å². The van der Waals surface area contributed by atoms with Crippen LogP contribution >= 0.6 is 0 Å². The smallest absolute Gasteiger partial charge is 0.230 e. The van der Waals surface area contributed by atoms with E-state index in [1.54, 1.807) is 7.11 Å². The summed E-state index contributed by atoms with van der Waals surface area (Å²) in [6.07, 6.45) is 6.92. The molecule has 35 heavy (non-hydrogen) atoms. The minimum Gasteiger partial charge on any atom is -0.501 e. The molecule has 1 N–H and O–H groups in total. The highest BCUT2D eigenvalue weighted by atomic mass is 16.5. The Balaban J connectivity index is 1.28. The number of ether oxygens (including phenoxy) is 1. The molecule has 1 amide bonds. The van der Waals surface area contributed by atoms with Crippen molar-refractivity contribution in [1.29, 1.82) is 0 Å². The number of nitrogens with zero attached hydrogens (tertiary/aromatic N) is 4. The van der Waals surface area contributed by atoms with E-state index in [2.05, 4.69) is 52.2 Å². The number of benzene rings is 1. The standard InChI is InChI=1S/C28H40N4O3/c1-29-15-17-31(18-16-29)26-7-8-27(35-2)24-11-14-32(20-25(24)26)28(34)19-21-3-5-22(6-4-21)30-12-9-23(33)10-13-30/h3-6,20,23,26,33H,7-19H2,1-2H3. The first-order chi connectivity index (χ1) is 17.0. The molecular weight excluding hydrogens is 440 g/mol. The third-order valence-electron chi connectivity index (χ3n) is 8.25. The van der Waals surface area contributed by atoms with Gasteiger partial charge in [0, 0.05) is 70.2 Å². The SMILES string of the molecule is COC1=C2CCN(C(=O)Cc3ccc(N4CCC(O)CC4)cc3)C=C2C(N2CCN(C)CC2)CC1. The van der Waals surface area contributed by atoms with E-state index in [0.29, 0.717) is 19.0 Å². The molecule has 4 aliphatic rings. The van der Waals surface area contributed by atoms with Crippen LogP contribution in [0.5, 0.6) is 0 Å². The van der Waals surface area contributed by atoms with Crippen LogP contribution in [-0.2, 0) is 16.0 Å². The third kappa shape index (κ3) is 5.42. The van der Waals surface area contributed by atoms with Crippen molar-refractivity contribution in [2.75, 3.05) is 64.9 Å². The number of fused-ring (bicyclic) bond motifs is 1. The number of rotatable bonds is 5. The number of likely N-dealkylation sites (N-methyl/N-ethyl adjacent to an activating group) is 1. The van der Waals surface area contributed by atoms with Crippen molar-refractivity contribution in [3.63, 3.8) is 0 Å². The van der Waals surface area contributed by atoms with Gasteiger partial charge in [0.1, 0.15) is 0 Å². The maximum absolute atomic E-state index is 13.3. The van der Waals surface area contributed by atoms with Crippen molar-refractivity contribution in [1.82, 2.24) is 14.7 Å². The number of hydrogen-bond acceptors (Lipinski definition) is 6. The van der Waals surface area contributed by atoms with Gasteiger partial charge < -0.3 is 24.5 Å². The molecule has 190 valence electrons. The number of carbonyl (C=O) groups excluding carboxylic acids is 1. The summed E-state index contributed by atoms with van der Waals surface area (Å²) in [4.78, 5) is 22.6. The number of amides is 1. The van der Waals surface area contributed by atoms with Crippen molar-refractivity contribution < 1.29 is 14.6 Å². The van der Waals surface area contributed by atoms with Crippen LogP contribution < -0.4 is 4.90 Å². The summed E-state index contributed by atoms with van der Waals surface area (Å²) < 4.78 is 5.76. The summed E-state index contributed by atoms with van der Waals surface area (Å²) in [7, 11) is 3.97. The quantitative estimate of drug-likeness (QED) is 0.699. The number of piperidine rings is 1. The number of aliphatic hydroxyl groups excluding tert-OH is 1. The van der Waals surface area contributed by atoms with E-state index in [0.717, 1.165) is 82.7 Å². The molecule has 0 aromatic heterocycles. The zero-order valence-corrected chi connectivity index (χ0v) is 21.3. The second kappa shape index (κ2) is 10.7. The van der Waals surface area contributed by atoms with Crippen LogP contribution in [0.1, 0.15) is 37.7 Å². The number of hydrogen-bond donors (Lipinski definition) is 1. The Hall–Kier alpha value is -2.35. The number of anilines is 1. The number of piperazine rings is 1. The third-order valence-corrected chi connectivity index (χ3v) is 8.25. The van der Waals surface area contributed by atoms with E-state index in [4.69, 9.17) is 4.74 Å². The number of aliphatic hydroxyl groups is 1. The van der Waals surface area contributed by atoms with Crippen molar-refractivity contribution >= 4 is 11.6 Å². The van der Waals surface area contributed by atoms with E-state index >= 15 is 0 Å². The molecule has 0 saturated carbocycles. The number of carbonyl (C=O) groups is 1. The molecule has 1 aliphatic carbocycles. The highest BCUT2D eigenvalue weighted by Crippen LogP contribution is 2.38. The molecule has 0 radical (unpaired) electrons. The molecule has 1 aromatic rings. The molecule has 2 saturated heterocycles. The molecule has 1 atom stereocenters. The van der Waals surface area contributed by atoms with Gasteiger partial charge in [0.15, 0.2) is 0 Å². The van der Waals surface area contributed by atoms with Gasteiger partial charge in [-0.05, 0) is 61.6 Å². The van der Waals surface area contributed by atoms with Crippen molar-refractivity contribution in [3.8, 4) is 0 Å². The highest BCUT2D eigenvalue weighted by Gasteiger charge is 2.35. The summed E-state index contributed by atoms with van der Waals surface area (Å²) in [5.74, 6) is 1.27. The Kier molecular flexibility index (Phi) is 7.46. The van der Waals surface area contributed by atoms with Crippen LogP contribution in [0.25, 0.3) is 0 Å². The molecule has 0 spiro atoms. The lowest BCUT2D eigenvalue weighted by Gasteiger charge is -2.43. The van der Waals surface area contributed by atoms with Gasteiger partial charge in [-0.1, -0.05) is 12.1 Å². The lowest BCUT2D eigenvalue weighted by molar-refractivity contribution is -0.128. The minimum absolute atomic E-state index is 0.159. The molecule has 2 fully saturated rings. The Labute approximate surface area is 209 Å². The first-order valence-corrected chi connectivity index (χ1v) is 13.2. The van der Waals surface area contributed by atoms with Crippen LogP contribution in [-0.4, -0.2) is 97.8 Å². The Morgan fingerprint density at radius 1 is 0.971 bits per heavy atom. The van der Waals surface area contributed by atoms with Crippen LogP contribution in [0.15, 0.2) is 47.4 Å². The fourth-order valence-corrected chi connectivity index (χ4v) is 6.01. The van der Waals surface area contributed by atoms with Gasteiger partial charge in [-0.3, -0.25) is 9.69 Å². The predicted octanol–water partition coefficient (Wildman–Crippen LogP) is 2.62. The average Bonchev–Trinajstić information content (AvgIpc) is 2.89. The number of methoxy groups -OCH3 is 1. The summed E-state index contributed by atoms with van der Waals surface area (Å²) in [6, 6.07) is 8.76. The summed E-state index contributed by atoms with van der Waals surface area (Å²) in [6.45, 7) is 6.82.